The molecule has 3 aromatic heterocycles. The van der Waals surface area contributed by atoms with Crippen LogP contribution in [0.5, 0.6) is 6.01 Å². The lowest BCUT2D eigenvalue weighted by atomic mass is 10.0. The topological polar surface area (TPSA) is 141 Å². The molecule has 0 radical (unpaired) electrons. The van der Waals surface area contributed by atoms with E-state index < -0.39 is 0 Å². The molecule has 1 aliphatic heterocycles. The second-order valence-electron chi connectivity index (χ2n) is 7.57. The van der Waals surface area contributed by atoms with Gasteiger partial charge in [-0.1, -0.05) is 5.57 Å². The normalized spacial score (nSPS) is 20.0. The number of fused-ring (bicyclic) bond motifs is 1. The van der Waals surface area contributed by atoms with Crippen LogP contribution >= 0.6 is 11.5 Å². The van der Waals surface area contributed by atoms with Gasteiger partial charge in [0.1, 0.15) is 17.8 Å². The molecule has 0 aromatic carbocycles. The van der Waals surface area contributed by atoms with E-state index in [0.717, 1.165) is 46.7 Å². The number of hydrogen-bond acceptors (Lipinski definition) is 9. The van der Waals surface area contributed by atoms with Crippen molar-refractivity contribution in [3.8, 4) is 12.1 Å². The van der Waals surface area contributed by atoms with Gasteiger partial charge in [-0.2, -0.15) is 10.2 Å². The number of aromatic amines is 1. The van der Waals surface area contributed by atoms with Crippen molar-refractivity contribution in [3.05, 3.63) is 35.2 Å². The Morgan fingerprint density at radius 1 is 1.45 bits per heavy atom. The molecule has 4 N–H and O–H groups in total. The van der Waals surface area contributed by atoms with Crippen molar-refractivity contribution >= 4 is 39.3 Å². The third-order valence-corrected chi connectivity index (χ3v) is 6.34. The number of H-pyrrole nitrogens is 1. The third-order valence-electron chi connectivity index (χ3n) is 5.72. The van der Waals surface area contributed by atoms with Crippen LogP contribution in [0, 0.1) is 17.2 Å². The minimum absolute atomic E-state index is 0.132. The molecule has 158 valence electrons. The average Bonchev–Trinajstić information content (AvgIpc) is 3.54. The van der Waals surface area contributed by atoms with Crippen LogP contribution in [0.4, 0.5) is 10.8 Å². The highest BCUT2D eigenvalue weighted by atomic mass is 32.1. The smallest absolute Gasteiger partial charge is 0.329 e. The van der Waals surface area contributed by atoms with Crippen molar-refractivity contribution in [2.45, 2.75) is 18.9 Å². The number of aromatic nitrogens is 4. The SMILES string of the molecule is COc1nsc(NC(=O)[C@H]2NCC3=C2C[C@@H](CNc2c(C#N)cnc4[nH]ccc24)C3)n1. The van der Waals surface area contributed by atoms with Gasteiger partial charge in [-0.25, -0.2) is 4.98 Å². The van der Waals surface area contributed by atoms with E-state index >= 15 is 0 Å². The number of hydrogen-bond donors (Lipinski definition) is 4. The van der Waals surface area contributed by atoms with Gasteiger partial charge in [-0.15, -0.1) is 4.37 Å². The molecule has 10 nitrogen and oxygen atoms in total. The van der Waals surface area contributed by atoms with Crippen LogP contribution in [0.3, 0.4) is 0 Å². The number of nitrogens with one attached hydrogen (secondary N) is 4. The van der Waals surface area contributed by atoms with Crippen molar-refractivity contribution in [2.75, 3.05) is 30.8 Å². The predicted octanol–water partition coefficient (Wildman–Crippen LogP) is 2.02. The number of carbonyl (C=O) groups is 1. The zero-order valence-electron chi connectivity index (χ0n) is 16.7. The van der Waals surface area contributed by atoms with Crippen LogP contribution in [-0.4, -0.2) is 51.5 Å². The molecule has 2 aliphatic rings. The van der Waals surface area contributed by atoms with Gasteiger partial charge in [0.05, 0.1) is 18.4 Å². The average molecular weight is 437 g/mol. The van der Waals surface area contributed by atoms with Crippen LogP contribution < -0.4 is 20.7 Å². The summed E-state index contributed by atoms with van der Waals surface area (Å²) in [6, 6.07) is 4.02. The molecule has 2 atom stereocenters. The molecular formula is C20H20N8O2S. The quantitative estimate of drug-likeness (QED) is 0.430. The standard InChI is InChI=1S/C20H20N8O2S/c1-30-19-27-20(31-28-19)26-18(29)16-14-5-10(4-11(14)8-24-16)7-23-15-12(6-21)9-25-17-13(15)2-3-22-17/h2-3,9-10,16,24H,4-5,7-8H2,1H3,(H2,22,23,25)(H,26,27,28,29)/t10-,16-/m0/s1. The van der Waals surface area contributed by atoms with E-state index in [9.17, 15) is 10.1 Å². The summed E-state index contributed by atoms with van der Waals surface area (Å²) in [7, 11) is 1.49. The van der Waals surface area contributed by atoms with Crippen LogP contribution in [-0.2, 0) is 4.79 Å². The maximum atomic E-state index is 12.8. The number of carbonyl (C=O) groups excluding carboxylic acids is 1. The summed E-state index contributed by atoms with van der Waals surface area (Å²) < 4.78 is 8.97. The Balaban J connectivity index is 1.23. The highest BCUT2D eigenvalue weighted by Crippen LogP contribution is 2.37. The van der Waals surface area contributed by atoms with Crippen molar-refractivity contribution in [2.24, 2.45) is 5.92 Å². The van der Waals surface area contributed by atoms with Gasteiger partial charge in [0.25, 0.3) is 0 Å². The fourth-order valence-corrected chi connectivity index (χ4v) is 4.85. The summed E-state index contributed by atoms with van der Waals surface area (Å²) in [5, 5.41) is 20.4. The molecule has 0 bridgehead atoms. The highest BCUT2D eigenvalue weighted by Gasteiger charge is 2.37. The molecule has 0 saturated heterocycles. The number of nitriles is 1. The lowest BCUT2D eigenvalue weighted by Gasteiger charge is -2.18. The summed E-state index contributed by atoms with van der Waals surface area (Å²) in [6.45, 7) is 1.43. The number of amides is 1. The van der Waals surface area contributed by atoms with Gasteiger partial charge in [-0.05, 0) is 30.4 Å². The summed E-state index contributed by atoms with van der Waals surface area (Å²) >= 11 is 1.09. The summed E-state index contributed by atoms with van der Waals surface area (Å²) in [5.41, 5.74) is 4.53. The molecule has 11 heteroatoms. The van der Waals surface area contributed by atoms with Gasteiger partial charge in [-0.3, -0.25) is 15.4 Å². The van der Waals surface area contributed by atoms with Crippen molar-refractivity contribution in [3.63, 3.8) is 0 Å². The fraction of sp³-hybridized carbons (Fsp3) is 0.350. The van der Waals surface area contributed by atoms with E-state index in [1.54, 1.807) is 6.20 Å². The zero-order valence-corrected chi connectivity index (χ0v) is 17.5. The van der Waals surface area contributed by atoms with Crippen LogP contribution in [0.25, 0.3) is 11.0 Å². The van der Waals surface area contributed by atoms with Gasteiger partial charge in [0, 0.05) is 42.4 Å². The Hall–Kier alpha value is -3.49. The lowest BCUT2D eigenvalue weighted by molar-refractivity contribution is -0.117. The van der Waals surface area contributed by atoms with Gasteiger partial charge in [0.15, 0.2) is 0 Å². The summed E-state index contributed by atoms with van der Waals surface area (Å²) in [6.07, 6.45) is 5.16. The first-order valence-corrected chi connectivity index (χ1v) is 10.7. The number of anilines is 2. The molecule has 4 heterocycles. The minimum Gasteiger partial charge on any atom is -0.466 e. The second kappa shape index (κ2) is 7.98. The molecule has 3 aromatic rings. The first-order chi connectivity index (χ1) is 15.2. The molecule has 0 unspecified atom stereocenters. The number of nitrogens with zero attached hydrogens (tertiary/aromatic N) is 4. The lowest BCUT2D eigenvalue weighted by Crippen LogP contribution is -2.39. The molecule has 1 amide bonds. The van der Waals surface area contributed by atoms with E-state index in [4.69, 9.17) is 4.74 Å². The molecular weight excluding hydrogens is 416 g/mol. The Labute approximate surface area is 181 Å². The minimum atomic E-state index is -0.359. The number of pyridine rings is 1. The number of methoxy groups -OCH3 is 1. The second-order valence-corrected chi connectivity index (χ2v) is 8.32. The van der Waals surface area contributed by atoms with Crippen LogP contribution in [0.1, 0.15) is 18.4 Å². The Morgan fingerprint density at radius 3 is 3.16 bits per heavy atom. The monoisotopic (exact) mass is 436 g/mol. The van der Waals surface area contributed by atoms with E-state index in [2.05, 4.69) is 41.3 Å². The maximum absolute atomic E-state index is 12.8. The first kappa shape index (κ1) is 19.5. The Morgan fingerprint density at radius 2 is 2.35 bits per heavy atom. The molecule has 31 heavy (non-hydrogen) atoms. The number of ether oxygens (including phenoxy) is 1. The van der Waals surface area contributed by atoms with Crippen molar-refractivity contribution in [1.29, 1.82) is 5.26 Å². The van der Waals surface area contributed by atoms with Crippen molar-refractivity contribution < 1.29 is 9.53 Å². The van der Waals surface area contributed by atoms with Gasteiger partial charge in [0.2, 0.25) is 11.0 Å². The van der Waals surface area contributed by atoms with Gasteiger partial charge >= 0.3 is 6.01 Å². The molecule has 0 spiro atoms. The summed E-state index contributed by atoms with van der Waals surface area (Å²) in [5.74, 6) is 0.227. The van der Waals surface area contributed by atoms with E-state index in [1.165, 1.54) is 12.7 Å². The maximum Gasteiger partial charge on any atom is 0.329 e. The first-order valence-electron chi connectivity index (χ1n) is 9.89. The zero-order chi connectivity index (χ0) is 21.4. The van der Waals surface area contributed by atoms with E-state index in [-0.39, 0.29) is 18.0 Å². The molecule has 1 aliphatic carbocycles. The van der Waals surface area contributed by atoms with Crippen LogP contribution in [0.15, 0.2) is 29.6 Å². The third kappa shape index (κ3) is 3.60. The predicted molar refractivity (Wildman–Crippen MR) is 116 cm³/mol. The molecule has 5 rings (SSSR count). The highest BCUT2D eigenvalue weighted by molar-refractivity contribution is 7.10. The Kier molecular flexibility index (Phi) is 5.01. The van der Waals surface area contributed by atoms with E-state index in [0.29, 0.717) is 29.7 Å². The summed E-state index contributed by atoms with van der Waals surface area (Å²) in [4.78, 5) is 24.2. The van der Waals surface area contributed by atoms with Gasteiger partial charge < -0.3 is 15.0 Å². The largest absolute Gasteiger partial charge is 0.466 e. The number of rotatable bonds is 6. The molecule has 0 fully saturated rings. The van der Waals surface area contributed by atoms with Crippen molar-refractivity contribution in [1.82, 2.24) is 24.6 Å². The Bertz CT molecular complexity index is 1220. The fourth-order valence-electron chi connectivity index (χ4n) is 4.31. The van der Waals surface area contributed by atoms with E-state index in [1.807, 2.05) is 12.3 Å². The van der Waals surface area contributed by atoms with Crippen LogP contribution in [0.2, 0.25) is 0 Å². The molecule has 0 saturated carbocycles.